The van der Waals surface area contributed by atoms with E-state index in [-0.39, 0.29) is 11.9 Å². The maximum atomic E-state index is 12.0. The van der Waals surface area contributed by atoms with Gasteiger partial charge in [0.25, 0.3) is 5.91 Å². The van der Waals surface area contributed by atoms with E-state index in [0.717, 1.165) is 11.3 Å². The van der Waals surface area contributed by atoms with Gasteiger partial charge in [-0.25, -0.2) is 4.79 Å². The highest BCUT2D eigenvalue weighted by atomic mass is 16.5. The van der Waals surface area contributed by atoms with Crippen LogP contribution in [0.25, 0.3) is 0 Å². The quantitative estimate of drug-likeness (QED) is 0.666. The summed E-state index contributed by atoms with van der Waals surface area (Å²) in [5, 5.41) is 8.27. The van der Waals surface area contributed by atoms with Crippen LogP contribution in [0.4, 0.5) is 10.5 Å². The number of urea groups is 1. The Balaban J connectivity index is 1.72. The van der Waals surface area contributed by atoms with E-state index in [2.05, 4.69) is 29.8 Å². The lowest BCUT2D eigenvalue weighted by Gasteiger charge is -2.11. The maximum Gasteiger partial charge on any atom is 0.319 e. The van der Waals surface area contributed by atoms with Crippen molar-refractivity contribution in [2.45, 2.75) is 19.8 Å². The molecule has 6 heteroatoms. The van der Waals surface area contributed by atoms with Crippen molar-refractivity contribution >= 4 is 17.6 Å². The topological polar surface area (TPSA) is 79.5 Å². The zero-order valence-electron chi connectivity index (χ0n) is 15.3. The molecule has 0 saturated heterocycles. The molecule has 2 rings (SSSR count). The third-order valence-electron chi connectivity index (χ3n) is 3.86. The molecule has 0 saturated carbocycles. The molecule has 6 nitrogen and oxygen atoms in total. The molecule has 0 aromatic heterocycles. The number of rotatable bonds is 7. The van der Waals surface area contributed by atoms with Crippen molar-refractivity contribution in [3.63, 3.8) is 0 Å². The molecule has 0 heterocycles. The van der Waals surface area contributed by atoms with E-state index < -0.39 is 0 Å². The van der Waals surface area contributed by atoms with Crippen LogP contribution >= 0.6 is 0 Å². The number of ether oxygens (including phenoxy) is 1. The molecule has 0 bridgehead atoms. The molecule has 2 aromatic carbocycles. The molecule has 0 radical (unpaired) electrons. The van der Waals surface area contributed by atoms with Gasteiger partial charge in [-0.15, -0.1) is 0 Å². The molecule has 0 spiro atoms. The van der Waals surface area contributed by atoms with Gasteiger partial charge in [0.2, 0.25) is 0 Å². The molecule has 0 fully saturated rings. The summed E-state index contributed by atoms with van der Waals surface area (Å²) in [5.41, 5.74) is 2.45. The van der Waals surface area contributed by atoms with Gasteiger partial charge in [0.15, 0.2) is 0 Å². The van der Waals surface area contributed by atoms with Crippen LogP contribution in [-0.4, -0.2) is 32.1 Å². The van der Waals surface area contributed by atoms with Crippen molar-refractivity contribution in [3.8, 4) is 5.75 Å². The van der Waals surface area contributed by atoms with Gasteiger partial charge in [0.05, 0.1) is 7.11 Å². The Morgan fingerprint density at radius 1 is 1.00 bits per heavy atom. The highest BCUT2D eigenvalue weighted by Crippen LogP contribution is 2.18. The molecule has 138 valence electrons. The number of hydrogen-bond acceptors (Lipinski definition) is 3. The predicted molar refractivity (Wildman–Crippen MR) is 103 cm³/mol. The van der Waals surface area contributed by atoms with Crippen LogP contribution in [-0.2, 0) is 0 Å². The summed E-state index contributed by atoms with van der Waals surface area (Å²) in [6.45, 7) is 4.87. The standard InChI is InChI=1S/C20H25N3O3/c1-14(2)16-5-4-6-17(13-16)23-20(25)22-12-11-21-19(24)15-7-9-18(26-3)10-8-15/h4-10,13-14H,11-12H2,1-3H3,(H,21,24)(H2,22,23,25). The summed E-state index contributed by atoms with van der Waals surface area (Å²) in [6, 6.07) is 14.3. The van der Waals surface area contributed by atoms with Gasteiger partial charge in [0.1, 0.15) is 5.75 Å². The molecule has 26 heavy (non-hydrogen) atoms. The third-order valence-corrected chi connectivity index (χ3v) is 3.86. The zero-order chi connectivity index (χ0) is 18.9. The Kier molecular flexibility index (Phi) is 7.02. The number of nitrogens with one attached hydrogen (secondary N) is 3. The van der Waals surface area contributed by atoms with Crippen molar-refractivity contribution in [1.29, 1.82) is 0 Å². The Morgan fingerprint density at radius 3 is 2.35 bits per heavy atom. The summed E-state index contributed by atoms with van der Waals surface area (Å²) < 4.78 is 5.06. The molecule has 3 amide bonds. The molecule has 0 aliphatic carbocycles. The fraction of sp³-hybridized carbons (Fsp3) is 0.300. The SMILES string of the molecule is COc1ccc(C(=O)NCCNC(=O)Nc2cccc(C(C)C)c2)cc1. The number of hydrogen-bond donors (Lipinski definition) is 3. The van der Waals surface area contributed by atoms with Crippen molar-refractivity contribution in [3.05, 3.63) is 59.7 Å². The first-order valence-corrected chi connectivity index (χ1v) is 8.56. The molecular weight excluding hydrogens is 330 g/mol. The van der Waals surface area contributed by atoms with Crippen LogP contribution in [0.15, 0.2) is 48.5 Å². The van der Waals surface area contributed by atoms with Gasteiger partial charge in [-0.1, -0.05) is 26.0 Å². The lowest BCUT2D eigenvalue weighted by Crippen LogP contribution is -2.36. The molecule has 0 aliphatic rings. The molecule has 0 unspecified atom stereocenters. The van der Waals surface area contributed by atoms with E-state index >= 15 is 0 Å². The monoisotopic (exact) mass is 355 g/mol. The predicted octanol–water partition coefficient (Wildman–Crippen LogP) is 3.37. The number of methoxy groups -OCH3 is 1. The molecule has 2 aromatic rings. The van der Waals surface area contributed by atoms with Gasteiger partial charge in [-0.3, -0.25) is 4.79 Å². The second-order valence-corrected chi connectivity index (χ2v) is 6.15. The van der Waals surface area contributed by atoms with Gasteiger partial charge >= 0.3 is 6.03 Å². The van der Waals surface area contributed by atoms with Gasteiger partial charge in [-0.2, -0.15) is 0 Å². The Morgan fingerprint density at radius 2 is 1.69 bits per heavy atom. The molecule has 3 N–H and O–H groups in total. The number of amides is 3. The number of anilines is 1. The van der Waals surface area contributed by atoms with E-state index in [1.807, 2.05) is 24.3 Å². The fourth-order valence-corrected chi connectivity index (χ4v) is 2.35. The smallest absolute Gasteiger partial charge is 0.319 e. The number of carbonyl (C=O) groups is 2. The van der Waals surface area contributed by atoms with Crippen molar-refractivity contribution in [2.24, 2.45) is 0 Å². The summed E-state index contributed by atoms with van der Waals surface area (Å²) in [7, 11) is 1.57. The lowest BCUT2D eigenvalue weighted by molar-refractivity contribution is 0.0954. The first-order chi connectivity index (χ1) is 12.5. The summed E-state index contributed by atoms with van der Waals surface area (Å²) in [5.74, 6) is 0.897. The van der Waals surface area contributed by atoms with Crippen LogP contribution < -0.4 is 20.7 Å². The van der Waals surface area contributed by atoms with Gasteiger partial charge in [0, 0.05) is 24.3 Å². The molecule has 0 aliphatic heterocycles. The average molecular weight is 355 g/mol. The number of carbonyl (C=O) groups excluding carboxylic acids is 2. The summed E-state index contributed by atoms with van der Waals surface area (Å²) >= 11 is 0. The maximum absolute atomic E-state index is 12.0. The Hall–Kier alpha value is -3.02. The van der Waals surface area contributed by atoms with E-state index in [0.29, 0.717) is 30.3 Å². The Labute approximate surface area is 153 Å². The normalized spacial score (nSPS) is 10.3. The second kappa shape index (κ2) is 9.46. The molecule has 0 atom stereocenters. The van der Waals surface area contributed by atoms with Crippen molar-refractivity contribution in [1.82, 2.24) is 10.6 Å². The van der Waals surface area contributed by atoms with Crippen molar-refractivity contribution in [2.75, 3.05) is 25.5 Å². The Bertz CT molecular complexity index is 742. The largest absolute Gasteiger partial charge is 0.497 e. The minimum atomic E-state index is -0.301. The van der Waals surface area contributed by atoms with Crippen LogP contribution in [0.3, 0.4) is 0 Å². The molecular formula is C20H25N3O3. The van der Waals surface area contributed by atoms with E-state index in [4.69, 9.17) is 4.74 Å². The summed E-state index contributed by atoms with van der Waals surface area (Å²) in [4.78, 5) is 23.9. The van der Waals surface area contributed by atoms with Crippen LogP contribution in [0.2, 0.25) is 0 Å². The van der Waals surface area contributed by atoms with Gasteiger partial charge < -0.3 is 20.7 Å². The van der Waals surface area contributed by atoms with Crippen LogP contribution in [0, 0.1) is 0 Å². The first-order valence-electron chi connectivity index (χ1n) is 8.56. The fourth-order valence-electron chi connectivity index (χ4n) is 2.35. The van der Waals surface area contributed by atoms with Crippen molar-refractivity contribution < 1.29 is 14.3 Å². The van der Waals surface area contributed by atoms with Crippen LogP contribution in [0.1, 0.15) is 35.7 Å². The zero-order valence-corrected chi connectivity index (χ0v) is 15.3. The highest BCUT2D eigenvalue weighted by Gasteiger charge is 2.06. The third kappa shape index (κ3) is 5.81. The van der Waals surface area contributed by atoms with Gasteiger partial charge in [-0.05, 0) is 47.9 Å². The average Bonchev–Trinajstić information content (AvgIpc) is 2.65. The minimum absolute atomic E-state index is 0.195. The first kappa shape index (κ1) is 19.3. The van der Waals surface area contributed by atoms with E-state index in [1.54, 1.807) is 31.4 Å². The highest BCUT2D eigenvalue weighted by molar-refractivity contribution is 5.94. The number of benzene rings is 2. The minimum Gasteiger partial charge on any atom is -0.497 e. The van der Waals surface area contributed by atoms with E-state index in [9.17, 15) is 9.59 Å². The van der Waals surface area contributed by atoms with E-state index in [1.165, 1.54) is 0 Å². The van der Waals surface area contributed by atoms with Crippen LogP contribution in [0.5, 0.6) is 5.75 Å². The second-order valence-electron chi connectivity index (χ2n) is 6.15. The summed E-state index contributed by atoms with van der Waals surface area (Å²) in [6.07, 6.45) is 0. The lowest BCUT2D eigenvalue weighted by atomic mass is 10.0.